The van der Waals surface area contributed by atoms with E-state index in [0.717, 1.165) is 0 Å². The number of hydrogen-bond acceptors (Lipinski definition) is 2. The number of benzene rings is 1. The summed E-state index contributed by atoms with van der Waals surface area (Å²) >= 11 is 5.76. The predicted molar refractivity (Wildman–Crippen MR) is 60.4 cm³/mol. The Kier molecular flexibility index (Phi) is 4.05. The molecule has 1 aromatic rings. The molecule has 0 saturated heterocycles. The normalized spacial score (nSPS) is 12.0. The summed E-state index contributed by atoms with van der Waals surface area (Å²) < 4.78 is 13.4. The van der Waals surface area contributed by atoms with Gasteiger partial charge in [-0.1, -0.05) is 11.6 Å². The van der Waals surface area contributed by atoms with E-state index in [0.29, 0.717) is 10.9 Å². The minimum Gasteiger partial charge on any atom is -0.308 e. The topological polar surface area (TPSA) is 50.4 Å². The number of amidine groups is 1. The molecule has 0 saturated carbocycles. The van der Waals surface area contributed by atoms with Gasteiger partial charge in [0.2, 0.25) is 0 Å². The van der Waals surface area contributed by atoms with E-state index in [2.05, 4.69) is 10.4 Å². The van der Waals surface area contributed by atoms with Crippen LogP contribution in [-0.4, -0.2) is 11.9 Å². The number of hydrazine groups is 1. The summed E-state index contributed by atoms with van der Waals surface area (Å²) in [6.45, 7) is 3.75. The molecule has 0 unspecified atom stereocenters. The van der Waals surface area contributed by atoms with Crippen LogP contribution < -0.4 is 11.3 Å². The van der Waals surface area contributed by atoms with Gasteiger partial charge in [-0.15, -0.1) is 0 Å². The van der Waals surface area contributed by atoms with Gasteiger partial charge in [-0.3, -0.25) is 4.99 Å². The Labute approximate surface area is 93.1 Å². The fourth-order valence-electron chi connectivity index (χ4n) is 1.12. The maximum absolute atomic E-state index is 13.4. The third-order valence-corrected chi connectivity index (χ3v) is 1.94. The van der Waals surface area contributed by atoms with E-state index in [-0.39, 0.29) is 11.6 Å². The van der Waals surface area contributed by atoms with Gasteiger partial charge in [0.05, 0.1) is 5.56 Å². The van der Waals surface area contributed by atoms with Crippen LogP contribution in [0.4, 0.5) is 4.39 Å². The van der Waals surface area contributed by atoms with Gasteiger partial charge in [0.25, 0.3) is 0 Å². The second-order valence-corrected chi connectivity index (χ2v) is 3.78. The number of rotatable bonds is 2. The molecule has 3 nitrogen and oxygen atoms in total. The molecule has 0 heterocycles. The zero-order valence-electron chi connectivity index (χ0n) is 8.59. The Morgan fingerprint density at radius 3 is 2.73 bits per heavy atom. The second kappa shape index (κ2) is 5.09. The number of nitrogens with zero attached hydrogens (tertiary/aromatic N) is 1. The van der Waals surface area contributed by atoms with Gasteiger partial charge >= 0.3 is 0 Å². The van der Waals surface area contributed by atoms with Crippen LogP contribution >= 0.6 is 11.6 Å². The number of nitrogens with one attached hydrogen (secondary N) is 1. The molecule has 82 valence electrons. The van der Waals surface area contributed by atoms with E-state index < -0.39 is 5.82 Å². The summed E-state index contributed by atoms with van der Waals surface area (Å²) in [6, 6.07) is 4.27. The van der Waals surface area contributed by atoms with E-state index in [1.807, 2.05) is 13.8 Å². The molecule has 0 radical (unpaired) electrons. The van der Waals surface area contributed by atoms with Crippen molar-refractivity contribution >= 4 is 17.4 Å². The van der Waals surface area contributed by atoms with Crippen molar-refractivity contribution in [1.29, 1.82) is 0 Å². The fraction of sp³-hybridized carbons (Fsp3) is 0.300. The Bertz CT molecular complexity index is 377. The van der Waals surface area contributed by atoms with Gasteiger partial charge in [0.15, 0.2) is 0 Å². The highest BCUT2D eigenvalue weighted by Gasteiger charge is 2.09. The lowest BCUT2D eigenvalue weighted by Gasteiger charge is -2.09. The van der Waals surface area contributed by atoms with Crippen LogP contribution in [0.3, 0.4) is 0 Å². The molecule has 0 aromatic heterocycles. The zero-order chi connectivity index (χ0) is 11.4. The molecule has 0 spiro atoms. The van der Waals surface area contributed by atoms with Crippen LogP contribution in [0, 0.1) is 5.82 Å². The first kappa shape index (κ1) is 11.9. The minimum absolute atomic E-state index is 0.0226. The minimum atomic E-state index is -0.406. The van der Waals surface area contributed by atoms with Crippen LogP contribution in [0.1, 0.15) is 19.4 Å². The first-order valence-corrected chi connectivity index (χ1v) is 4.92. The van der Waals surface area contributed by atoms with Gasteiger partial charge < -0.3 is 5.43 Å². The van der Waals surface area contributed by atoms with E-state index in [1.165, 1.54) is 18.2 Å². The molecule has 0 amide bonds. The van der Waals surface area contributed by atoms with Crippen molar-refractivity contribution in [2.24, 2.45) is 10.8 Å². The summed E-state index contributed by atoms with van der Waals surface area (Å²) in [5, 5.41) is 0.443. The number of aliphatic imine (C=N–C) groups is 1. The van der Waals surface area contributed by atoms with Crippen LogP contribution in [-0.2, 0) is 0 Å². The van der Waals surface area contributed by atoms with Crippen LogP contribution in [0.25, 0.3) is 0 Å². The van der Waals surface area contributed by atoms with Crippen LogP contribution in [0.5, 0.6) is 0 Å². The lowest BCUT2D eigenvalue weighted by atomic mass is 10.2. The molecular weight excluding hydrogens is 217 g/mol. The van der Waals surface area contributed by atoms with Crippen molar-refractivity contribution in [3.63, 3.8) is 0 Å². The van der Waals surface area contributed by atoms with Gasteiger partial charge in [-0.05, 0) is 32.0 Å². The maximum atomic E-state index is 13.4. The smallest absolute Gasteiger partial charge is 0.145 e. The van der Waals surface area contributed by atoms with Gasteiger partial charge in [0, 0.05) is 11.1 Å². The SMILES string of the molecule is CC(C)N=C(NN)c1cc(Cl)ccc1F. The second-order valence-electron chi connectivity index (χ2n) is 3.34. The zero-order valence-corrected chi connectivity index (χ0v) is 9.35. The largest absolute Gasteiger partial charge is 0.308 e. The first-order chi connectivity index (χ1) is 7.04. The quantitative estimate of drug-likeness (QED) is 0.353. The van der Waals surface area contributed by atoms with Crippen molar-refractivity contribution in [3.8, 4) is 0 Å². The van der Waals surface area contributed by atoms with Crippen molar-refractivity contribution in [2.45, 2.75) is 19.9 Å². The van der Waals surface area contributed by atoms with Crippen molar-refractivity contribution in [3.05, 3.63) is 34.6 Å². The van der Waals surface area contributed by atoms with Crippen LogP contribution in [0.2, 0.25) is 5.02 Å². The van der Waals surface area contributed by atoms with Crippen LogP contribution in [0.15, 0.2) is 23.2 Å². The van der Waals surface area contributed by atoms with Crippen molar-refractivity contribution < 1.29 is 4.39 Å². The molecule has 0 atom stereocenters. The monoisotopic (exact) mass is 229 g/mol. The summed E-state index contributed by atoms with van der Waals surface area (Å²) in [7, 11) is 0. The van der Waals surface area contributed by atoms with E-state index in [9.17, 15) is 4.39 Å². The molecule has 3 N–H and O–H groups in total. The molecule has 5 heteroatoms. The lowest BCUT2D eigenvalue weighted by molar-refractivity contribution is 0.623. The molecule has 0 aliphatic heterocycles. The van der Waals surface area contributed by atoms with Crippen molar-refractivity contribution in [2.75, 3.05) is 0 Å². The molecule has 0 fully saturated rings. The highest BCUT2D eigenvalue weighted by Crippen LogP contribution is 2.15. The predicted octanol–water partition coefficient (Wildman–Crippen LogP) is 2.10. The number of hydrogen-bond donors (Lipinski definition) is 2. The Morgan fingerprint density at radius 1 is 1.53 bits per heavy atom. The van der Waals surface area contributed by atoms with Crippen molar-refractivity contribution in [1.82, 2.24) is 5.43 Å². The Balaban J connectivity index is 3.17. The van der Waals surface area contributed by atoms with E-state index >= 15 is 0 Å². The average Bonchev–Trinajstić information content (AvgIpc) is 2.18. The van der Waals surface area contributed by atoms with Gasteiger partial charge in [0.1, 0.15) is 11.7 Å². The third-order valence-electron chi connectivity index (χ3n) is 1.71. The van der Waals surface area contributed by atoms with Gasteiger partial charge in [-0.2, -0.15) is 0 Å². The molecule has 1 rings (SSSR count). The molecular formula is C10H13ClFN3. The molecule has 1 aromatic carbocycles. The van der Waals surface area contributed by atoms with Gasteiger partial charge in [-0.25, -0.2) is 10.2 Å². The highest BCUT2D eigenvalue weighted by molar-refractivity contribution is 6.31. The molecule has 0 bridgehead atoms. The molecule has 15 heavy (non-hydrogen) atoms. The standard InChI is InChI=1S/C10H13ClFN3/c1-6(2)14-10(15-13)8-5-7(11)3-4-9(8)12/h3-6H,13H2,1-2H3,(H,14,15). The fourth-order valence-corrected chi connectivity index (χ4v) is 1.29. The summed E-state index contributed by atoms with van der Waals surface area (Å²) in [5.41, 5.74) is 2.65. The number of nitrogens with two attached hydrogens (primary N) is 1. The molecule has 0 aliphatic rings. The van der Waals surface area contributed by atoms with E-state index in [4.69, 9.17) is 17.4 Å². The Hall–Kier alpha value is -1.13. The lowest BCUT2D eigenvalue weighted by Crippen LogP contribution is -2.32. The summed E-state index contributed by atoms with van der Waals surface area (Å²) in [6.07, 6.45) is 0. The third kappa shape index (κ3) is 3.18. The number of halogens is 2. The summed E-state index contributed by atoms with van der Waals surface area (Å²) in [5.74, 6) is 5.17. The maximum Gasteiger partial charge on any atom is 0.145 e. The summed E-state index contributed by atoms with van der Waals surface area (Å²) in [4.78, 5) is 4.15. The molecule has 0 aliphatic carbocycles. The Morgan fingerprint density at radius 2 is 2.20 bits per heavy atom. The first-order valence-electron chi connectivity index (χ1n) is 4.54. The van der Waals surface area contributed by atoms with E-state index in [1.54, 1.807) is 0 Å². The highest BCUT2D eigenvalue weighted by atomic mass is 35.5. The average molecular weight is 230 g/mol.